The lowest BCUT2D eigenvalue weighted by Crippen LogP contribution is -2.35. The smallest absolute Gasteiger partial charge is 0.407 e. The first kappa shape index (κ1) is 13.8. The molecule has 0 spiro atoms. The first-order valence-electron chi connectivity index (χ1n) is 5.25. The average molecular weight is 212 g/mol. The average Bonchev–Trinajstić information content (AvgIpc) is 2.09. The van der Waals surface area contributed by atoms with E-state index in [2.05, 4.69) is 11.4 Å². The van der Waals surface area contributed by atoms with Crippen LogP contribution in [0.1, 0.15) is 40.5 Å². The Bertz CT molecular complexity index is 238. The SMILES string of the molecule is CCC[C@@H](C#N)CNC(=O)OC(C)(C)C. The quantitative estimate of drug-likeness (QED) is 0.778. The summed E-state index contributed by atoms with van der Waals surface area (Å²) in [6.45, 7) is 7.79. The highest BCUT2D eigenvalue weighted by atomic mass is 16.6. The maximum atomic E-state index is 11.2. The number of carbonyl (C=O) groups is 1. The van der Waals surface area contributed by atoms with Gasteiger partial charge in [-0.2, -0.15) is 5.26 Å². The molecule has 4 nitrogen and oxygen atoms in total. The third-order valence-electron chi connectivity index (χ3n) is 1.71. The minimum atomic E-state index is -0.489. The number of nitrogens with one attached hydrogen (secondary N) is 1. The van der Waals surface area contributed by atoms with E-state index in [-0.39, 0.29) is 5.92 Å². The zero-order valence-corrected chi connectivity index (χ0v) is 9.96. The van der Waals surface area contributed by atoms with Crippen molar-refractivity contribution in [1.82, 2.24) is 5.32 Å². The summed E-state index contributed by atoms with van der Waals surface area (Å²) in [5.74, 6) is -0.123. The lowest BCUT2D eigenvalue weighted by molar-refractivity contribution is 0.0522. The minimum Gasteiger partial charge on any atom is -0.444 e. The highest BCUT2D eigenvalue weighted by Crippen LogP contribution is 2.07. The highest BCUT2D eigenvalue weighted by Gasteiger charge is 2.16. The summed E-state index contributed by atoms with van der Waals surface area (Å²) in [6.07, 6.45) is 1.28. The Balaban J connectivity index is 3.85. The van der Waals surface area contributed by atoms with Gasteiger partial charge in [-0.05, 0) is 27.2 Å². The number of hydrogen-bond acceptors (Lipinski definition) is 3. The summed E-state index contributed by atoms with van der Waals surface area (Å²) in [5, 5.41) is 11.4. The Hall–Kier alpha value is -1.24. The van der Waals surface area contributed by atoms with Gasteiger partial charge in [0.1, 0.15) is 5.60 Å². The van der Waals surface area contributed by atoms with E-state index in [0.29, 0.717) is 6.54 Å². The van der Waals surface area contributed by atoms with Gasteiger partial charge in [0, 0.05) is 6.54 Å². The van der Waals surface area contributed by atoms with Crippen molar-refractivity contribution in [2.24, 2.45) is 5.92 Å². The Morgan fingerprint density at radius 1 is 1.53 bits per heavy atom. The second kappa shape index (κ2) is 6.28. The standard InChI is InChI=1S/C11H20N2O2/c1-5-6-9(7-12)8-13-10(14)15-11(2,3)4/h9H,5-6,8H2,1-4H3,(H,13,14)/t9-/m0/s1. The summed E-state index contributed by atoms with van der Waals surface area (Å²) in [5.41, 5.74) is -0.489. The zero-order valence-electron chi connectivity index (χ0n) is 9.96. The molecule has 0 aromatic heterocycles. The highest BCUT2D eigenvalue weighted by molar-refractivity contribution is 5.67. The number of carbonyl (C=O) groups excluding carboxylic acids is 1. The van der Waals surface area contributed by atoms with Crippen molar-refractivity contribution in [1.29, 1.82) is 5.26 Å². The van der Waals surface area contributed by atoms with E-state index >= 15 is 0 Å². The fraction of sp³-hybridized carbons (Fsp3) is 0.818. The van der Waals surface area contributed by atoms with Crippen molar-refractivity contribution in [2.45, 2.75) is 46.1 Å². The van der Waals surface area contributed by atoms with Gasteiger partial charge < -0.3 is 10.1 Å². The zero-order chi connectivity index (χ0) is 11.9. The number of alkyl carbamates (subject to hydrolysis) is 1. The Labute approximate surface area is 91.6 Å². The van der Waals surface area contributed by atoms with Crippen LogP contribution in [0.5, 0.6) is 0 Å². The molecule has 0 saturated heterocycles. The molecule has 0 aromatic carbocycles. The van der Waals surface area contributed by atoms with Gasteiger partial charge in [0.05, 0.1) is 12.0 Å². The molecule has 0 heterocycles. The van der Waals surface area contributed by atoms with Crippen LogP contribution in [-0.4, -0.2) is 18.2 Å². The lowest BCUT2D eigenvalue weighted by atomic mass is 10.1. The van der Waals surface area contributed by atoms with Crippen molar-refractivity contribution in [3.63, 3.8) is 0 Å². The second-order valence-corrected chi connectivity index (χ2v) is 4.50. The number of hydrogen-bond donors (Lipinski definition) is 1. The summed E-state index contributed by atoms with van der Waals surface area (Å²) in [7, 11) is 0. The van der Waals surface area contributed by atoms with Crippen molar-refractivity contribution in [3.05, 3.63) is 0 Å². The predicted molar refractivity (Wildman–Crippen MR) is 58.2 cm³/mol. The van der Waals surface area contributed by atoms with Gasteiger partial charge in [-0.15, -0.1) is 0 Å². The molecule has 0 bridgehead atoms. The molecule has 0 saturated carbocycles. The second-order valence-electron chi connectivity index (χ2n) is 4.50. The first-order chi connectivity index (χ1) is 6.89. The van der Waals surface area contributed by atoms with Crippen molar-refractivity contribution in [2.75, 3.05) is 6.54 Å². The van der Waals surface area contributed by atoms with Crippen LogP contribution in [0.15, 0.2) is 0 Å². The summed E-state index contributed by atoms with van der Waals surface area (Å²) < 4.78 is 5.05. The molecule has 0 aliphatic heterocycles. The van der Waals surface area contributed by atoms with E-state index in [1.807, 2.05) is 6.92 Å². The molecule has 0 rings (SSSR count). The third kappa shape index (κ3) is 7.80. The van der Waals surface area contributed by atoms with E-state index < -0.39 is 11.7 Å². The first-order valence-corrected chi connectivity index (χ1v) is 5.25. The fourth-order valence-corrected chi connectivity index (χ4v) is 1.08. The van der Waals surface area contributed by atoms with Gasteiger partial charge in [0.2, 0.25) is 0 Å². The molecule has 1 amide bonds. The van der Waals surface area contributed by atoms with Crippen LogP contribution in [0, 0.1) is 17.2 Å². The Kier molecular flexibility index (Phi) is 5.76. The summed E-state index contributed by atoms with van der Waals surface area (Å²) >= 11 is 0. The van der Waals surface area contributed by atoms with Gasteiger partial charge in [0.15, 0.2) is 0 Å². The van der Waals surface area contributed by atoms with Crippen LogP contribution < -0.4 is 5.32 Å². The van der Waals surface area contributed by atoms with Crippen LogP contribution in [0.4, 0.5) is 4.79 Å². The number of nitrogens with zero attached hydrogens (tertiary/aromatic N) is 1. The fourth-order valence-electron chi connectivity index (χ4n) is 1.08. The molecule has 86 valence electrons. The van der Waals surface area contributed by atoms with Crippen LogP contribution in [-0.2, 0) is 4.74 Å². The predicted octanol–water partition coefficient (Wildman–Crippen LogP) is 2.45. The van der Waals surface area contributed by atoms with Crippen molar-refractivity contribution in [3.8, 4) is 6.07 Å². The molecule has 0 radical (unpaired) electrons. The van der Waals surface area contributed by atoms with E-state index in [1.165, 1.54) is 0 Å². The van der Waals surface area contributed by atoms with Gasteiger partial charge in [-0.25, -0.2) is 4.79 Å². The summed E-state index contributed by atoms with van der Waals surface area (Å²) in [4.78, 5) is 11.2. The molecule has 1 atom stereocenters. The molecule has 0 aliphatic carbocycles. The van der Waals surface area contributed by atoms with Crippen molar-refractivity contribution >= 4 is 6.09 Å². The van der Waals surface area contributed by atoms with Crippen LogP contribution in [0.25, 0.3) is 0 Å². The lowest BCUT2D eigenvalue weighted by Gasteiger charge is -2.20. The molecule has 0 fully saturated rings. The van der Waals surface area contributed by atoms with Crippen LogP contribution >= 0.6 is 0 Å². The van der Waals surface area contributed by atoms with Gasteiger partial charge in [-0.1, -0.05) is 13.3 Å². The molecular weight excluding hydrogens is 192 g/mol. The molecule has 1 N–H and O–H groups in total. The molecule has 15 heavy (non-hydrogen) atoms. The maximum absolute atomic E-state index is 11.2. The third-order valence-corrected chi connectivity index (χ3v) is 1.71. The molecule has 4 heteroatoms. The molecular formula is C11H20N2O2. The Morgan fingerprint density at radius 2 is 2.13 bits per heavy atom. The molecule has 0 aromatic rings. The largest absolute Gasteiger partial charge is 0.444 e. The normalized spacial score (nSPS) is 12.7. The Morgan fingerprint density at radius 3 is 2.53 bits per heavy atom. The van der Waals surface area contributed by atoms with Crippen molar-refractivity contribution < 1.29 is 9.53 Å². The molecule has 0 aliphatic rings. The monoisotopic (exact) mass is 212 g/mol. The number of rotatable bonds is 4. The van der Waals surface area contributed by atoms with E-state index in [1.54, 1.807) is 20.8 Å². The number of amides is 1. The maximum Gasteiger partial charge on any atom is 0.407 e. The van der Waals surface area contributed by atoms with Crippen LogP contribution in [0.3, 0.4) is 0 Å². The number of ether oxygens (including phenoxy) is 1. The molecule has 0 unspecified atom stereocenters. The van der Waals surface area contributed by atoms with E-state index in [0.717, 1.165) is 12.8 Å². The van der Waals surface area contributed by atoms with Gasteiger partial charge >= 0.3 is 6.09 Å². The van der Waals surface area contributed by atoms with E-state index in [9.17, 15) is 4.79 Å². The van der Waals surface area contributed by atoms with Gasteiger partial charge in [-0.3, -0.25) is 0 Å². The summed E-state index contributed by atoms with van der Waals surface area (Å²) in [6, 6.07) is 2.15. The van der Waals surface area contributed by atoms with Crippen LogP contribution in [0.2, 0.25) is 0 Å². The van der Waals surface area contributed by atoms with E-state index in [4.69, 9.17) is 10.00 Å². The number of nitriles is 1. The minimum absolute atomic E-state index is 0.123. The topological polar surface area (TPSA) is 62.1 Å². The van der Waals surface area contributed by atoms with Gasteiger partial charge in [0.25, 0.3) is 0 Å².